The molecular weight excluding hydrogens is 176 g/mol. The van der Waals surface area contributed by atoms with E-state index in [1.807, 2.05) is 0 Å². The Kier molecular flexibility index (Phi) is 2.57. The molecule has 0 saturated carbocycles. The van der Waals surface area contributed by atoms with E-state index >= 15 is 0 Å². The van der Waals surface area contributed by atoms with E-state index in [1.54, 1.807) is 5.43 Å². The van der Waals surface area contributed by atoms with Crippen molar-refractivity contribution >= 4 is 11.8 Å². The quantitative estimate of drug-likeness (QED) is 0.237. The summed E-state index contributed by atoms with van der Waals surface area (Å²) in [5, 5.41) is 9.72. The molecule has 0 radical (unpaired) electrons. The van der Waals surface area contributed by atoms with Gasteiger partial charge < -0.3 is 5.11 Å². The summed E-state index contributed by atoms with van der Waals surface area (Å²) in [5.74, 6) is 9.62. The normalized spacial score (nSPS) is 9.38. The third-order valence-corrected chi connectivity index (χ3v) is 1.24. The van der Waals surface area contributed by atoms with E-state index in [9.17, 15) is 4.79 Å². The molecule has 0 unspecified atom stereocenters. The van der Waals surface area contributed by atoms with Crippen molar-refractivity contribution < 1.29 is 9.90 Å². The fourth-order valence-corrected chi connectivity index (χ4v) is 0.667. The molecule has 2 amide bonds. The van der Waals surface area contributed by atoms with Crippen LogP contribution in [0.4, 0.5) is 10.6 Å². The average Bonchev–Trinajstić information content (AvgIpc) is 2.16. The highest BCUT2D eigenvalue weighted by Gasteiger charge is 2.14. The van der Waals surface area contributed by atoms with Gasteiger partial charge in [-0.15, -0.1) is 0 Å². The molecule has 0 fully saturated rings. The number of amides is 2. The Labute approximate surface area is 73.1 Å². The van der Waals surface area contributed by atoms with Gasteiger partial charge in [-0.25, -0.2) is 31.5 Å². The van der Waals surface area contributed by atoms with Crippen LogP contribution in [-0.2, 0) is 0 Å². The van der Waals surface area contributed by atoms with Gasteiger partial charge in [-0.2, -0.15) is 0 Å². The highest BCUT2D eigenvalue weighted by atomic mass is 16.3. The number of rotatable bonds is 1. The summed E-state index contributed by atoms with van der Waals surface area (Å²) in [6.45, 7) is 0. The fourth-order valence-electron chi connectivity index (χ4n) is 0.667. The third-order valence-electron chi connectivity index (χ3n) is 1.24. The van der Waals surface area contributed by atoms with Crippen molar-refractivity contribution in [3.05, 3.63) is 12.5 Å². The Balaban J connectivity index is 2.95. The number of aromatic nitrogens is 2. The lowest BCUT2D eigenvalue weighted by Crippen LogP contribution is -2.48. The first-order chi connectivity index (χ1) is 6.16. The molecule has 1 rings (SSSR count). The fraction of sp³-hybridized carbons (Fsp3) is 0. The molecule has 1 heterocycles. The van der Waals surface area contributed by atoms with Crippen molar-refractivity contribution in [2.45, 2.75) is 0 Å². The van der Waals surface area contributed by atoms with Crippen molar-refractivity contribution in [1.82, 2.24) is 15.4 Å². The number of urea groups is 1. The molecule has 70 valence electrons. The van der Waals surface area contributed by atoms with Gasteiger partial charge in [0.15, 0.2) is 11.6 Å². The molecule has 0 spiro atoms. The number of hydrogen-bond donors (Lipinski definition) is 4. The summed E-state index contributed by atoms with van der Waals surface area (Å²) in [6.07, 6.45) is 2.24. The highest BCUT2D eigenvalue weighted by Crippen LogP contribution is 2.19. The van der Waals surface area contributed by atoms with E-state index in [2.05, 4.69) is 9.97 Å². The summed E-state index contributed by atoms with van der Waals surface area (Å²) < 4.78 is 0. The minimum atomic E-state index is -0.797. The summed E-state index contributed by atoms with van der Waals surface area (Å²) in [7, 11) is 0. The van der Waals surface area contributed by atoms with Gasteiger partial charge in [0.1, 0.15) is 6.33 Å². The summed E-state index contributed by atoms with van der Waals surface area (Å²) in [4.78, 5) is 17.9. The molecule has 0 aliphatic carbocycles. The largest absolute Gasteiger partial charge is 0.503 e. The molecule has 8 nitrogen and oxygen atoms in total. The van der Waals surface area contributed by atoms with E-state index in [1.165, 1.54) is 0 Å². The van der Waals surface area contributed by atoms with Gasteiger partial charge in [-0.3, -0.25) is 5.43 Å². The lowest BCUT2D eigenvalue weighted by atomic mass is 10.5. The van der Waals surface area contributed by atoms with Gasteiger partial charge in [-0.05, 0) is 0 Å². The van der Waals surface area contributed by atoms with Crippen molar-refractivity contribution in [1.29, 1.82) is 0 Å². The lowest BCUT2D eigenvalue weighted by molar-refractivity contribution is 0.246. The van der Waals surface area contributed by atoms with Crippen LogP contribution < -0.4 is 22.1 Å². The van der Waals surface area contributed by atoms with Crippen LogP contribution in [0.2, 0.25) is 0 Å². The van der Waals surface area contributed by atoms with E-state index < -0.39 is 6.03 Å². The Morgan fingerprint density at radius 2 is 2.38 bits per heavy atom. The first-order valence-corrected chi connectivity index (χ1v) is 3.21. The zero-order valence-electron chi connectivity index (χ0n) is 6.51. The zero-order chi connectivity index (χ0) is 9.84. The maximum Gasteiger partial charge on any atom is 0.351 e. The molecule has 0 aromatic carbocycles. The average molecular weight is 184 g/mol. The second kappa shape index (κ2) is 3.65. The van der Waals surface area contributed by atoms with E-state index in [0.717, 1.165) is 12.5 Å². The Hall–Kier alpha value is -1.93. The highest BCUT2D eigenvalue weighted by molar-refractivity contribution is 5.90. The number of hydrogen-bond acceptors (Lipinski definition) is 6. The number of nitrogens with zero attached hydrogens (tertiary/aromatic N) is 3. The topological polar surface area (TPSA) is 130 Å². The third kappa shape index (κ3) is 1.80. The maximum atomic E-state index is 10.9. The second-order valence-electron chi connectivity index (χ2n) is 2.05. The number of hydrazine groups is 2. The van der Waals surface area contributed by atoms with Gasteiger partial charge in [0.2, 0.25) is 0 Å². The number of carbonyl (C=O) groups excluding carboxylic acids is 1. The Morgan fingerprint density at radius 3 is 2.92 bits per heavy atom. The van der Waals surface area contributed by atoms with Crippen LogP contribution >= 0.6 is 0 Å². The Bertz CT molecular complexity index is 316. The molecule has 0 aliphatic heterocycles. The van der Waals surface area contributed by atoms with Crippen molar-refractivity contribution in [2.75, 3.05) is 5.01 Å². The molecule has 0 aliphatic rings. The van der Waals surface area contributed by atoms with Crippen molar-refractivity contribution in [3.8, 4) is 5.75 Å². The van der Waals surface area contributed by atoms with Crippen LogP contribution in [0.15, 0.2) is 12.5 Å². The summed E-state index contributed by atoms with van der Waals surface area (Å²) in [5.41, 5.74) is 1.78. The maximum absolute atomic E-state index is 10.9. The van der Waals surface area contributed by atoms with Gasteiger partial charge in [-0.1, -0.05) is 0 Å². The van der Waals surface area contributed by atoms with Crippen LogP contribution in [-0.4, -0.2) is 21.1 Å². The number of carbonyl (C=O) groups is 1. The molecule has 0 bridgehead atoms. The van der Waals surface area contributed by atoms with Crippen molar-refractivity contribution in [2.24, 2.45) is 11.7 Å². The first kappa shape index (κ1) is 9.16. The van der Waals surface area contributed by atoms with Crippen LogP contribution in [0.5, 0.6) is 5.75 Å². The van der Waals surface area contributed by atoms with Gasteiger partial charge in [0.25, 0.3) is 0 Å². The van der Waals surface area contributed by atoms with Crippen LogP contribution in [0.1, 0.15) is 0 Å². The van der Waals surface area contributed by atoms with Crippen LogP contribution in [0.3, 0.4) is 0 Å². The number of nitrogens with two attached hydrogens (primary N) is 2. The minimum Gasteiger partial charge on any atom is -0.503 e. The second-order valence-corrected chi connectivity index (χ2v) is 2.05. The molecule has 1 aromatic rings. The van der Waals surface area contributed by atoms with E-state index in [0.29, 0.717) is 5.01 Å². The summed E-state index contributed by atoms with van der Waals surface area (Å²) >= 11 is 0. The van der Waals surface area contributed by atoms with E-state index in [-0.39, 0.29) is 11.6 Å². The number of nitrogens with one attached hydrogen (secondary N) is 1. The van der Waals surface area contributed by atoms with E-state index in [4.69, 9.17) is 16.8 Å². The molecule has 8 heteroatoms. The zero-order valence-corrected chi connectivity index (χ0v) is 6.51. The lowest BCUT2D eigenvalue weighted by Gasteiger charge is -2.14. The predicted molar refractivity (Wildman–Crippen MR) is 43.1 cm³/mol. The standard InChI is InChI=1S/C5H8N6O2/c6-10-5(13)11(7)4-3(12)1-8-2-9-4/h1-2,12H,6-7H2,(H,10,13). The molecule has 6 N–H and O–H groups in total. The molecule has 0 saturated heterocycles. The number of anilines is 1. The minimum absolute atomic E-state index is 0.127. The molecule has 0 atom stereocenters. The van der Waals surface area contributed by atoms with Crippen LogP contribution in [0.25, 0.3) is 0 Å². The monoisotopic (exact) mass is 184 g/mol. The first-order valence-electron chi connectivity index (χ1n) is 3.21. The Morgan fingerprint density at radius 1 is 1.69 bits per heavy atom. The van der Waals surface area contributed by atoms with Crippen molar-refractivity contribution in [3.63, 3.8) is 0 Å². The number of aromatic hydroxyl groups is 1. The molecule has 1 aromatic heterocycles. The van der Waals surface area contributed by atoms with Crippen LogP contribution in [0, 0.1) is 0 Å². The molecular formula is C5H8N6O2. The SMILES string of the molecule is NNC(=O)N(N)c1ncncc1O. The van der Waals surface area contributed by atoms with Gasteiger partial charge in [0, 0.05) is 0 Å². The molecule has 13 heavy (non-hydrogen) atoms. The van der Waals surface area contributed by atoms with Gasteiger partial charge in [0.05, 0.1) is 6.20 Å². The smallest absolute Gasteiger partial charge is 0.351 e. The van der Waals surface area contributed by atoms with Gasteiger partial charge >= 0.3 is 6.03 Å². The predicted octanol–water partition coefficient (Wildman–Crippen LogP) is -1.55. The summed E-state index contributed by atoms with van der Waals surface area (Å²) in [6, 6.07) is -0.797.